The first kappa shape index (κ1) is 27.6. The zero-order valence-corrected chi connectivity index (χ0v) is 24.7. The van der Waals surface area contributed by atoms with E-state index in [0.717, 1.165) is 41.9 Å². The van der Waals surface area contributed by atoms with Crippen LogP contribution in [0, 0.1) is 11.8 Å². The predicted octanol–water partition coefficient (Wildman–Crippen LogP) is 7.41. The van der Waals surface area contributed by atoms with Gasteiger partial charge in [0, 0.05) is 29.9 Å². The quantitative estimate of drug-likeness (QED) is 0.228. The van der Waals surface area contributed by atoms with E-state index in [1.165, 1.54) is 23.1 Å². The summed E-state index contributed by atoms with van der Waals surface area (Å²) in [5.74, 6) is 2.82. The van der Waals surface area contributed by atoms with Gasteiger partial charge in [0.05, 0.1) is 18.7 Å². The van der Waals surface area contributed by atoms with Gasteiger partial charge in [0.1, 0.15) is 5.75 Å². The van der Waals surface area contributed by atoms with Gasteiger partial charge in [0.15, 0.2) is 5.11 Å². The van der Waals surface area contributed by atoms with Gasteiger partial charge in [0.2, 0.25) is 0 Å². The van der Waals surface area contributed by atoms with Crippen LogP contribution >= 0.6 is 12.2 Å². The summed E-state index contributed by atoms with van der Waals surface area (Å²) < 4.78 is 5.60. The first-order valence-electron chi connectivity index (χ1n) is 14.3. The molecule has 6 rings (SSSR count). The third kappa shape index (κ3) is 5.55. The van der Waals surface area contributed by atoms with Crippen molar-refractivity contribution >= 4 is 33.9 Å². The molecule has 1 unspecified atom stereocenters. The Kier molecular flexibility index (Phi) is 8.24. The van der Waals surface area contributed by atoms with Gasteiger partial charge >= 0.3 is 0 Å². The van der Waals surface area contributed by atoms with Crippen molar-refractivity contribution in [1.29, 1.82) is 0 Å². The van der Waals surface area contributed by atoms with Gasteiger partial charge in [-0.3, -0.25) is 9.88 Å². The van der Waals surface area contributed by atoms with Crippen LogP contribution in [0.15, 0.2) is 61.3 Å². The summed E-state index contributed by atoms with van der Waals surface area (Å²) in [6.07, 6.45) is 6.42. The molecule has 0 saturated carbocycles. The Morgan fingerprint density at radius 1 is 1.10 bits per heavy atom. The van der Waals surface area contributed by atoms with Crippen molar-refractivity contribution in [2.24, 2.45) is 11.8 Å². The van der Waals surface area contributed by atoms with Crippen molar-refractivity contribution in [3.8, 4) is 5.75 Å². The largest absolute Gasteiger partial charge is 0.497 e. The molecule has 6 heteroatoms. The fourth-order valence-corrected chi connectivity index (χ4v) is 6.87. The topological polar surface area (TPSA) is 49.4 Å². The Hall–Kier alpha value is -2.96. The van der Waals surface area contributed by atoms with Crippen LogP contribution < -0.4 is 15.4 Å². The lowest BCUT2D eigenvalue weighted by Crippen LogP contribution is -2.57. The van der Waals surface area contributed by atoms with E-state index in [2.05, 4.69) is 91.2 Å². The Morgan fingerprint density at radius 2 is 1.85 bits per heavy atom. The molecular weight excluding hydrogens is 500 g/mol. The van der Waals surface area contributed by atoms with E-state index >= 15 is 0 Å². The molecule has 4 heterocycles. The maximum absolute atomic E-state index is 6.08. The van der Waals surface area contributed by atoms with Gasteiger partial charge in [-0.15, -0.1) is 6.58 Å². The van der Waals surface area contributed by atoms with E-state index in [-0.39, 0.29) is 6.04 Å². The minimum Gasteiger partial charge on any atom is -0.497 e. The van der Waals surface area contributed by atoms with Crippen molar-refractivity contribution in [3.63, 3.8) is 0 Å². The summed E-state index contributed by atoms with van der Waals surface area (Å²) in [6, 6.07) is 15.2. The van der Waals surface area contributed by atoms with Gasteiger partial charge in [0.25, 0.3) is 0 Å². The van der Waals surface area contributed by atoms with Crippen LogP contribution in [0.5, 0.6) is 5.75 Å². The molecule has 0 radical (unpaired) electrons. The molecule has 0 spiro atoms. The second-order valence-electron chi connectivity index (χ2n) is 11.7. The van der Waals surface area contributed by atoms with Gasteiger partial charge in [-0.05, 0) is 96.2 Å². The van der Waals surface area contributed by atoms with Crippen LogP contribution in [0.25, 0.3) is 10.9 Å². The van der Waals surface area contributed by atoms with Crippen LogP contribution in [0.3, 0.4) is 0 Å². The average Bonchev–Trinajstić information content (AvgIpc) is 2.95. The van der Waals surface area contributed by atoms with E-state index in [4.69, 9.17) is 17.0 Å². The number of rotatable bonds is 8. The highest BCUT2D eigenvalue weighted by Crippen LogP contribution is 2.42. The molecule has 2 bridgehead atoms. The van der Waals surface area contributed by atoms with Gasteiger partial charge < -0.3 is 15.4 Å². The molecule has 3 aliphatic heterocycles. The van der Waals surface area contributed by atoms with E-state index in [1.54, 1.807) is 7.11 Å². The second-order valence-corrected chi connectivity index (χ2v) is 12.1. The van der Waals surface area contributed by atoms with Crippen LogP contribution in [0.4, 0.5) is 5.69 Å². The summed E-state index contributed by atoms with van der Waals surface area (Å²) in [5.41, 5.74) is 5.88. The number of fused-ring (bicyclic) bond motifs is 4. The summed E-state index contributed by atoms with van der Waals surface area (Å²) in [4.78, 5) is 7.31. The summed E-state index contributed by atoms with van der Waals surface area (Å²) in [7, 11) is 1.71. The number of ether oxygens (including phenoxy) is 1. The molecule has 39 heavy (non-hydrogen) atoms. The number of benzene rings is 2. The standard InChI is InChI=1S/C33H42N4OS/c1-7-22-19-37-16-14-23(22)17-30(37)32(27-13-15-34-29-12-11-24(38-6)18-28(27)29)36-33(39)35-31-25(20(2)3)9-8-10-26(31)21(4)5/h7-13,15,18,20-23,30,32H,1,14,16-17,19H2,2-6H3,(H2,35,36,39)/t22-,23-,30-,32-/m0/s1. The van der Waals surface area contributed by atoms with E-state index < -0.39 is 0 Å². The normalized spacial score (nSPS) is 23.2. The lowest BCUT2D eigenvalue weighted by molar-refractivity contribution is 0.00443. The van der Waals surface area contributed by atoms with Crippen molar-refractivity contribution in [1.82, 2.24) is 15.2 Å². The predicted molar refractivity (Wildman–Crippen MR) is 167 cm³/mol. The zero-order valence-electron chi connectivity index (χ0n) is 23.9. The first-order valence-corrected chi connectivity index (χ1v) is 14.7. The lowest BCUT2D eigenvalue weighted by atomic mass is 9.73. The molecule has 5 atom stereocenters. The number of aromatic nitrogens is 1. The number of methoxy groups -OCH3 is 1. The van der Waals surface area contributed by atoms with Gasteiger partial charge in [-0.2, -0.15) is 0 Å². The van der Waals surface area contributed by atoms with Crippen LogP contribution in [-0.4, -0.2) is 41.2 Å². The smallest absolute Gasteiger partial charge is 0.171 e. The van der Waals surface area contributed by atoms with Gasteiger partial charge in [-0.25, -0.2) is 0 Å². The van der Waals surface area contributed by atoms with Crippen molar-refractivity contribution < 1.29 is 4.74 Å². The lowest BCUT2D eigenvalue weighted by Gasteiger charge is -2.52. The highest BCUT2D eigenvalue weighted by molar-refractivity contribution is 7.80. The maximum Gasteiger partial charge on any atom is 0.171 e. The molecule has 0 amide bonds. The average molecular weight is 543 g/mol. The van der Waals surface area contributed by atoms with E-state index in [1.807, 2.05) is 18.3 Å². The molecule has 5 nitrogen and oxygen atoms in total. The monoisotopic (exact) mass is 542 g/mol. The summed E-state index contributed by atoms with van der Waals surface area (Å²) in [6.45, 7) is 15.3. The minimum absolute atomic E-state index is 0.00452. The molecule has 3 aromatic rings. The highest BCUT2D eigenvalue weighted by atomic mass is 32.1. The number of nitrogens with one attached hydrogen (secondary N) is 2. The van der Waals surface area contributed by atoms with Gasteiger partial charge in [-0.1, -0.05) is 52.0 Å². The molecule has 2 aromatic carbocycles. The van der Waals surface area contributed by atoms with Crippen LogP contribution in [0.1, 0.15) is 75.1 Å². The molecule has 206 valence electrons. The first-order chi connectivity index (χ1) is 18.8. The Bertz CT molecular complexity index is 1330. The molecule has 3 fully saturated rings. The number of hydrogen-bond donors (Lipinski definition) is 2. The highest BCUT2D eigenvalue weighted by Gasteiger charge is 2.43. The van der Waals surface area contributed by atoms with Crippen LogP contribution in [0.2, 0.25) is 0 Å². The third-order valence-corrected chi connectivity index (χ3v) is 8.97. The number of piperidine rings is 3. The van der Waals surface area contributed by atoms with Crippen LogP contribution in [-0.2, 0) is 0 Å². The Morgan fingerprint density at radius 3 is 2.46 bits per heavy atom. The van der Waals surface area contributed by atoms with Crippen molar-refractivity contribution in [2.75, 3.05) is 25.5 Å². The molecule has 0 aliphatic carbocycles. The van der Waals surface area contributed by atoms with Crippen molar-refractivity contribution in [3.05, 3.63) is 78.0 Å². The Labute approximate surface area is 239 Å². The van der Waals surface area contributed by atoms with E-state index in [0.29, 0.717) is 34.8 Å². The number of para-hydroxylation sites is 1. The maximum atomic E-state index is 6.08. The number of nitrogens with zero attached hydrogens (tertiary/aromatic N) is 2. The minimum atomic E-state index is 0.00452. The molecule has 3 saturated heterocycles. The fourth-order valence-electron chi connectivity index (χ4n) is 6.64. The molecular formula is C33H42N4OS. The molecule has 1 aromatic heterocycles. The molecule has 2 N–H and O–H groups in total. The second kappa shape index (κ2) is 11.6. The SMILES string of the molecule is C=C[C@H]1CN2CC[C@H]1C[C@H]2[C@@H](NC(=S)Nc1c(C(C)C)cccc1C(C)C)c1ccnc2ccc(OC)cc12. The summed E-state index contributed by atoms with van der Waals surface area (Å²) in [5, 5.41) is 9.24. The third-order valence-electron chi connectivity index (χ3n) is 8.75. The number of anilines is 1. The zero-order chi connectivity index (χ0) is 27.7. The van der Waals surface area contributed by atoms with E-state index in [9.17, 15) is 0 Å². The Balaban J connectivity index is 1.54. The summed E-state index contributed by atoms with van der Waals surface area (Å²) >= 11 is 6.08. The number of pyridine rings is 1. The number of hydrogen-bond acceptors (Lipinski definition) is 4. The van der Waals surface area contributed by atoms with Crippen molar-refractivity contribution in [2.45, 2.75) is 64.5 Å². The fraction of sp³-hybridized carbons (Fsp3) is 0.455. The number of thiocarbonyl (C=S) groups is 1. The molecule has 3 aliphatic rings.